The van der Waals surface area contributed by atoms with E-state index in [1.807, 2.05) is 6.07 Å². The van der Waals surface area contributed by atoms with Crippen LogP contribution in [0.15, 0.2) is 48.5 Å². The van der Waals surface area contributed by atoms with Crippen LogP contribution in [0.25, 0.3) is 0 Å². The van der Waals surface area contributed by atoms with Crippen molar-refractivity contribution in [1.29, 1.82) is 5.26 Å². The number of nitrogens with two attached hydrogens (primary N) is 1. The molecule has 0 unspecified atom stereocenters. The van der Waals surface area contributed by atoms with Gasteiger partial charge in [-0.15, -0.1) is 0 Å². The molecule has 9 nitrogen and oxygen atoms in total. The van der Waals surface area contributed by atoms with E-state index in [9.17, 15) is 14.6 Å². The molecule has 1 aliphatic heterocycles. The highest BCUT2D eigenvalue weighted by Crippen LogP contribution is 2.23. The maximum absolute atomic E-state index is 12.9. The fourth-order valence-corrected chi connectivity index (χ4v) is 3.63. The molecule has 0 radical (unpaired) electrons. The first-order valence-corrected chi connectivity index (χ1v) is 10.0. The zero-order valence-electron chi connectivity index (χ0n) is 17.2. The molecule has 1 aliphatic rings. The normalized spacial score (nSPS) is 18.5. The van der Waals surface area contributed by atoms with Crippen LogP contribution in [0.2, 0.25) is 6.82 Å². The lowest BCUT2D eigenvalue weighted by Crippen LogP contribution is -2.58. The van der Waals surface area contributed by atoms with Crippen LogP contribution in [0.1, 0.15) is 18.4 Å². The number of carbonyl (C=O) groups is 2. The Morgan fingerprint density at radius 2 is 1.90 bits per heavy atom. The summed E-state index contributed by atoms with van der Waals surface area (Å²) < 4.78 is 0. The standard InChI is InChI=1S/C21H25BN6O3/c1-22(31)28-11-10-16(26-21(30)25-15-8-6-14(13-23)7-9-15)12-19(28)20(29)27-18-5-3-2-4-17(18)24/h2-9,16,19,31H,10-12,24H2,1H3,(H,27,29)(H2,25,26,30)/t16-,19-/m1/s1. The van der Waals surface area contributed by atoms with Crippen LogP contribution in [0.3, 0.4) is 0 Å². The molecule has 2 atom stereocenters. The van der Waals surface area contributed by atoms with E-state index < -0.39 is 19.1 Å². The maximum atomic E-state index is 12.9. The second-order valence-electron chi connectivity index (χ2n) is 7.47. The Kier molecular flexibility index (Phi) is 7.13. The number of nitrogens with one attached hydrogen (secondary N) is 3. The number of para-hydroxylation sites is 2. The molecule has 0 spiro atoms. The smallest absolute Gasteiger partial charge is 0.377 e. The van der Waals surface area contributed by atoms with E-state index in [-0.39, 0.29) is 11.9 Å². The van der Waals surface area contributed by atoms with E-state index in [2.05, 4.69) is 16.0 Å². The molecule has 6 N–H and O–H groups in total. The van der Waals surface area contributed by atoms with Gasteiger partial charge in [0.15, 0.2) is 0 Å². The maximum Gasteiger partial charge on any atom is 0.377 e. The van der Waals surface area contributed by atoms with E-state index in [0.717, 1.165) is 0 Å². The SMILES string of the molecule is CB(O)N1CC[C@@H](NC(=O)Nc2ccc(C#N)cc2)C[C@@H]1C(=O)Nc1ccccc1N. The fraction of sp³-hybridized carbons (Fsp3) is 0.286. The summed E-state index contributed by atoms with van der Waals surface area (Å²) >= 11 is 0. The molecular formula is C21H25BN6O3. The van der Waals surface area contributed by atoms with Crippen LogP contribution in [-0.4, -0.2) is 47.5 Å². The number of hydrogen-bond acceptors (Lipinski definition) is 6. The molecule has 1 heterocycles. The van der Waals surface area contributed by atoms with Gasteiger partial charge in [0.05, 0.1) is 29.0 Å². The molecule has 0 bridgehead atoms. The van der Waals surface area contributed by atoms with Gasteiger partial charge >= 0.3 is 13.1 Å². The number of urea groups is 1. The second kappa shape index (κ2) is 9.97. The Labute approximate surface area is 181 Å². The number of rotatable bonds is 5. The molecule has 0 aromatic heterocycles. The number of benzene rings is 2. The first-order valence-electron chi connectivity index (χ1n) is 10.0. The minimum atomic E-state index is -0.808. The lowest BCUT2D eigenvalue weighted by Gasteiger charge is -2.39. The number of anilines is 3. The summed E-state index contributed by atoms with van der Waals surface area (Å²) in [6.45, 7) is 2.06. The van der Waals surface area contributed by atoms with Gasteiger partial charge in [0.1, 0.15) is 0 Å². The molecule has 0 aliphatic carbocycles. The van der Waals surface area contributed by atoms with Crippen LogP contribution in [0.5, 0.6) is 0 Å². The zero-order valence-corrected chi connectivity index (χ0v) is 17.2. The van der Waals surface area contributed by atoms with Crippen molar-refractivity contribution in [3.05, 3.63) is 54.1 Å². The third kappa shape index (κ3) is 5.75. The predicted molar refractivity (Wildman–Crippen MR) is 120 cm³/mol. The zero-order chi connectivity index (χ0) is 22.4. The molecule has 1 saturated heterocycles. The first-order chi connectivity index (χ1) is 14.9. The van der Waals surface area contributed by atoms with E-state index >= 15 is 0 Å². The number of carbonyl (C=O) groups excluding carboxylic acids is 2. The molecule has 2 aromatic carbocycles. The van der Waals surface area contributed by atoms with E-state index in [4.69, 9.17) is 11.0 Å². The summed E-state index contributed by atoms with van der Waals surface area (Å²) in [7, 11) is -0.808. The van der Waals surface area contributed by atoms with Gasteiger partial charge in [-0.05, 0) is 62.6 Å². The predicted octanol–water partition coefficient (Wildman–Crippen LogP) is 1.84. The highest BCUT2D eigenvalue weighted by Gasteiger charge is 2.37. The number of nitrogens with zero attached hydrogens (tertiary/aromatic N) is 2. The molecule has 10 heteroatoms. The van der Waals surface area contributed by atoms with Crippen molar-refractivity contribution in [2.45, 2.75) is 31.7 Å². The van der Waals surface area contributed by atoms with Crippen molar-refractivity contribution >= 4 is 36.1 Å². The molecule has 160 valence electrons. The monoisotopic (exact) mass is 420 g/mol. The highest BCUT2D eigenvalue weighted by molar-refractivity contribution is 6.45. The van der Waals surface area contributed by atoms with Gasteiger partial charge in [-0.1, -0.05) is 12.1 Å². The van der Waals surface area contributed by atoms with Crippen molar-refractivity contribution in [2.24, 2.45) is 0 Å². The van der Waals surface area contributed by atoms with Crippen molar-refractivity contribution in [3.63, 3.8) is 0 Å². The van der Waals surface area contributed by atoms with Crippen molar-refractivity contribution in [1.82, 2.24) is 10.1 Å². The van der Waals surface area contributed by atoms with Crippen LogP contribution < -0.4 is 21.7 Å². The Morgan fingerprint density at radius 3 is 2.55 bits per heavy atom. The van der Waals surface area contributed by atoms with Crippen LogP contribution in [0.4, 0.5) is 21.9 Å². The fourth-order valence-electron chi connectivity index (χ4n) is 3.63. The van der Waals surface area contributed by atoms with Gasteiger partial charge in [-0.3, -0.25) is 4.79 Å². The molecule has 2 aromatic rings. The molecule has 0 saturated carbocycles. The Bertz CT molecular complexity index is 976. The number of amides is 3. The minimum absolute atomic E-state index is 0.253. The Morgan fingerprint density at radius 1 is 1.19 bits per heavy atom. The quantitative estimate of drug-likeness (QED) is 0.369. The Balaban J connectivity index is 1.63. The Hall–Kier alpha value is -3.55. The summed E-state index contributed by atoms with van der Waals surface area (Å²) in [5, 5.41) is 27.4. The number of hydrogen-bond donors (Lipinski definition) is 5. The first kappa shape index (κ1) is 22.1. The molecular weight excluding hydrogens is 395 g/mol. The number of piperidine rings is 1. The van der Waals surface area contributed by atoms with Gasteiger partial charge in [0.2, 0.25) is 5.91 Å². The van der Waals surface area contributed by atoms with Gasteiger partial charge in [-0.25, -0.2) is 4.79 Å². The average molecular weight is 420 g/mol. The van der Waals surface area contributed by atoms with Crippen molar-refractivity contribution in [2.75, 3.05) is 22.9 Å². The number of nitrogen functional groups attached to an aromatic ring is 1. The summed E-state index contributed by atoms with van der Waals surface area (Å²) in [5.74, 6) is -0.294. The van der Waals surface area contributed by atoms with Crippen LogP contribution in [0, 0.1) is 11.3 Å². The lowest BCUT2D eigenvalue weighted by molar-refractivity contribution is -0.121. The molecule has 3 amide bonds. The van der Waals surface area contributed by atoms with Gasteiger partial charge in [-0.2, -0.15) is 5.26 Å². The van der Waals surface area contributed by atoms with Gasteiger partial charge in [0.25, 0.3) is 0 Å². The lowest BCUT2D eigenvalue weighted by atomic mass is 9.78. The van der Waals surface area contributed by atoms with Crippen molar-refractivity contribution < 1.29 is 14.6 Å². The minimum Gasteiger partial charge on any atom is -0.437 e. The summed E-state index contributed by atoms with van der Waals surface area (Å²) in [6.07, 6.45) is 0.924. The summed E-state index contributed by atoms with van der Waals surface area (Å²) in [5.41, 5.74) is 7.94. The van der Waals surface area contributed by atoms with Crippen molar-refractivity contribution in [3.8, 4) is 6.07 Å². The third-order valence-corrected chi connectivity index (χ3v) is 5.25. The number of nitriles is 1. The molecule has 3 rings (SSSR count). The average Bonchev–Trinajstić information content (AvgIpc) is 2.75. The van der Waals surface area contributed by atoms with E-state index in [1.54, 1.807) is 60.2 Å². The van der Waals surface area contributed by atoms with Crippen LogP contribution in [-0.2, 0) is 4.79 Å². The topological polar surface area (TPSA) is 144 Å². The molecule has 1 fully saturated rings. The largest absolute Gasteiger partial charge is 0.437 e. The van der Waals surface area contributed by atoms with E-state index in [0.29, 0.717) is 42.0 Å². The summed E-state index contributed by atoms with van der Waals surface area (Å²) in [6, 6.07) is 14.2. The highest BCUT2D eigenvalue weighted by atomic mass is 16.2. The van der Waals surface area contributed by atoms with Gasteiger partial charge in [0, 0.05) is 11.7 Å². The third-order valence-electron chi connectivity index (χ3n) is 5.25. The van der Waals surface area contributed by atoms with E-state index in [1.165, 1.54) is 0 Å². The second-order valence-corrected chi connectivity index (χ2v) is 7.47. The van der Waals surface area contributed by atoms with Gasteiger partial charge < -0.3 is 31.5 Å². The summed E-state index contributed by atoms with van der Waals surface area (Å²) in [4.78, 5) is 27.0. The van der Waals surface area contributed by atoms with Crippen LogP contribution >= 0.6 is 0 Å². The molecule has 31 heavy (non-hydrogen) atoms.